The third kappa shape index (κ3) is 3.02. The van der Waals surface area contributed by atoms with Crippen molar-refractivity contribution in [2.45, 2.75) is 12.8 Å². The molecule has 12 heavy (non-hydrogen) atoms. The summed E-state index contributed by atoms with van der Waals surface area (Å²) in [6, 6.07) is 0. The highest BCUT2D eigenvalue weighted by Crippen LogP contribution is 1.99. The van der Waals surface area contributed by atoms with Crippen LogP contribution in [-0.2, 0) is 0 Å². The van der Waals surface area contributed by atoms with Crippen LogP contribution in [-0.4, -0.2) is 27.5 Å². The largest absolute Gasteiger partial charge is 0.396 e. The number of imidazole rings is 1. The Labute approximate surface area is 76.4 Å². The second-order valence-corrected chi connectivity index (χ2v) is 2.22. The number of nitrogens with one attached hydrogen (secondary N) is 1. The first-order chi connectivity index (χ1) is 5.34. The van der Waals surface area contributed by atoms with E-state index in [4.69, 9.17) is 5.11 Å². The molecule has 1 heterocycles. The lowest BCUT2D eigenvalue weighted by Crippen LogP contribution is -2.00. The van der Waals surface area contributed by atoms with E-state index < -0.39 is 0 Å². The summed E-state index contributed by atoms with van der Waals surface area (Å²) in [5, 5.41) is 8.43. The van der Waals surface area contributed by atoms with Crippen LogP contribution in [0.25, 0.3) is 0 Å². The molecule has 1 aromatic heterocycles. The van der Waals surface area contributed by atoms with Gasteiger partial charge in [-0.15, -0.1) is 12.4 Å². The van der Waals surface area contributed by atoms with Gasteiger partial charge in [-0.3, -0.25) is 4.79 Å². The van der Waals surface area contributed by atoms with E-state index in [1.165, 1.54) is 12.5 Å². The Hall–Kier alpha value is -0.870. The maximum absolute atomic E-state index is 11.1. The highest BCUT2D eigenvalue weighted by Gasteiger charge is 2.04. The van der Waals surface area contributed by atoms with Crippen LogP contribution in [0.3, 0.4) is 0 Å². The minimum Gasteiger partial charge on any atom is -0.396 e. The topological polar surface area (TPSA) is 66.0 Å². The number of aromatic nitrogens is 2. The molecular formula is C7H11ClN2O2. The smallest absolute Gasteiger partial charge is 0.180 e. The lowest BCUT2D eigenvalue weighted by molar-refractivity contribution is 0.0967. The number of aliphatic hydroxyl groups is 1. The molecule has 2 N–H and O–H groups in total. The van der Waals surface area contributed by atoms with Crippen molar-refractivity contribution in [3.05, 3.63) is 18.2 Å². The minimum absolute atomic E-state index is 0. The van der Waals surface area contributed by atoms with Crippen molar-refractivity contribution in [3.63, 3.8) is 0 Å². The molecule has 1 aromatic rings. The average molecular weight is 191 g/mol. The van der Waals surface area contributed by atoms with Gasteiger partial charge < -0.3 is 10.1 Å². The minimum atomic E-state index is -0.00319. The molecule has 4 nitrogen and oxygen atoms in total. The zero-order valence-corrected chi connectivity index (χ0v) is 7.30. The molecule has 0 saturated carbocycles. The molecule has 0 amide bonds. The van der Waals surface area contributed by atoms with Gasteiger partial charge in [0.2, 0.25) is 0 Å². The van der Waals surface area contributed by atoms with Crippen LogP contribution in [0.4, 0.5) is 0 Å². The van der Waals surface area contributed by atoms with Gasteiger partial charge in [-0.05, 0) is 6.42 Å². The number of aromatic amines is 1. The molecule has 0 saturated heterocycles. The summed E-state index contributed by atoms with van der Waals surface area (Å²) in [7, 11) is 0. The van der Waals surface area contributed by atoms with Crippen molar-refractivity contribution >= 4 is 18.2 Å². The van der Waals surface area contributed by atoms with Gasteiger partial charge in [-0.25, -0.2) is 4.98 Å². The van der Waals surface area contributed by atoms with Crippen molar-refractivity contribution in [2.24, 2.45) is 0 Å². The summed E-state index contributed by atoms with van der Waals surface area (Å²) >= 11 is 0. The zero-order valence-electron chi connectivity index (χ0n) is 6.49. The highest BCUT2D eigenvalue weighted by molar-refractivity contribution is 5.93. The SMILES string of the molecule is Cl.O=C(CCCO)c1cnc[nH]1. The number of carbonyl (C=O) groups is 1. The van der Waals surface area contributed by atoms with Crippen LogP contribution in [0.5, 0.6) is 0 Å². The summed E-state index contributed by atoms with van der Waals surface area (Å²) in [5.74, 6) is -0.00319. The molecule has 0 radical (unpaired) electrons. The molecule has 0 aliphatic heterocycles. The summed E-state index contributed by atoms with van der Waals surface area (Å²) in [6.07, 6.45) is 3.84. The zero-order chi connectivity index (χ0) is 8.10. The second kappa shape index (κ2) is 5.74. The Bertz CT molecular complexity index is 223. The van der Waals surface area contributed by atoms with Crippen molar-refractivity contribution in [1.29, 1.82) is 0 Å². The van der Waals surface area contributed by atoms with Crippen molar-refractivity contribution < 1.29 is 9.90 Å². The summed E-state index contributed by atoms with van der Waals surface area (Å²) in [6.45, 7) is 0.0554. The first kappa shape index (κ1) is 11.1. The fourth-order valence-corrected chi connectivity index (χ4v) is 0.783. The van der Waals surface area contributed by atoms with Crippen LogP contribution >= 0.6 is 12.4 Å². The molecule has 0 atom stereocenters. The van der Waals surface area contributed by atoms with Gasteiger partial charge in [-0.1, -0.05) is 0 Å². The van der Waals surface area contributed by atoms with Gasteiger partial charge in [0.05, 0.1) is 12.5 Å². The van der Waals surface area contributed by atoms with Gasteiger partial charge in [0.1, 0.15) is 5.69 Å². The maximum Gasteiger partial charge on any atom is 0.180 e. The van der Waals surface area contributed by atoms with Crippen LogP contribution in [0.1, 0.15) is 23.3 Å². The summed E-state index contributed by atoms with van der Waals surface area (Å²) in [5.41, 5.74) is 0.512. The first-order valence-electron chi connectivity index (χ1n) is 3.47. The van der Waals surface area contributed by atoms with E-state index in [2.05, 4.69) is 9.97 Å². The fourth-order valence-electron chi connectivity index (χ4n) is 0.783. The van der Waals surface area contributed by atoms with Crippen molar-refractivity contribution in [1.82, 2.24) is 9.97 Å². The van der Waals surface area contributed by atoms with Gasteiger partial charge in [0.15, 0.2) is 5.78 Å². The van der Waals surface area contributed by atoms with Gasteiger partial charge in [0, 0.05) is 13.0 Å². The Morgan fingerprint density at radius 1 is 1.67 bits per heavy atom. The molecule has 0 spiro atoms. The quantitative estimate of drug-likeness (QED) is 0.690. The Morgan fingerprint density at radius 3 is 2.92 bits per heavy atom. The van der Waals surface area contributed by atoms with Crippen molar-refractivity contribution in [2.75, 3.05) is 6.61 Å². The number of carbonyl (C=O) groups excluding carboxylic acids is 1. The third-order valence-corrected chi connectivity index (χ3v) is 1.36. The first-order valence-corrected chi connectivity index (χ1v) is 3.47. The van der Waals surface area contributed by atoms with Gasteiger partial charge >= 0.3 is 0 Å². The van der Waals surface area contributed by atoms with Crippen LogP contribution in [0.15, 0.2) is 12.5 Å². The number of aliphatic hydroxyl groups excluding tert-OH is 1. The van der Waals surface area contributed by atoms with Gasteiger partial charge in [0.25, 0.3) is 0 Å². The number of halogens is 1. The molecule has 5 heteroatoms. The van der Waals surface area contributed by atoms with E-state index in [0.29, 0.717) is 18.5 Å². The predicted octanol–water partition coefficient (Wildman–Crippen LogP) is 0.787. The molecule has 1 rings (SSSR count). The number of ketones is 1. The Kier molecular flexibility index (Phi) is 5.32. The number of hydrogen-bond acceptors (Lipinski definition) is 3. The van der Waals surface area contributed by atoms with Crippen LogP contribution < -0.4 is 0 Å². The molecule has 68 valence electrons. The second-order valence-electron chi connectivity index (χ2n) is 2.22. The number of hydrogen-bond donors (Lipinski definition) is 2. The maximum atomic E-state index is 11.1. The van der Waals surface area contributed by atoms with Crippen LogP contribution in [0, 0.1) is 0 Å². The standard InChI is InChI=1S/C7H10N2O2.ClH/c10-3-1-2-7(11)6-4-8-5-9-6;/h4-5,10H,1-3H2,(H,8,9);1H. The lowest BCUT2D eigenvalue weighted by Gasteiger charge is -1.93. The fraction of sp³-hybridized carbons (Fsp3) is 0.429. The molecule has 0 unspecified atom stereocenters. The number of Topliss-reactive ketones (excluding diaryl/α,β-unsaturated/α-hetero) is 1. The lowest BCUT2D eigenvalue weighted by atomic mass is 10.2. The average Bonchev–Trinajstić information content (AvgIpc) is 2.52. The number of rotatable bonds is 4. The summed E-state index contributed by atoms with van der Waals surface area (Å²) < 4.78 is 0. The number of H-pyrrole nitrogens is 1. The third-order valence-electron chi connectivity index (χ3n) is 1.36. The molecule has 0 aliphatic rings. The van der Waals surface area contributed by atoms with E-state index in [9.17, 15) is 4.79 Å². The predicted molar refractivity (Wildman–Crippen MR) is 46.5 cm³/mol. The van der Waals surface area contributed by atoms with E-state index in [1.807, 2.05) is 0 Å². The summed E-state index contributed by atoms with van der Waals surface area (Å²) in [4.78, 5) is 17.5. The molecule has 0 bridgehead atoms. The highest BCUT2D eigenvalue weighted by atomic mass is 35.5. The normalized spacial score (nSPS) is 9.08. The molecule has 0 fully saturated rings. The van der Waals surface area contributed by atoms with Crippen LogP contribution in [0.2, 0.25) is 0 Å². The van der Waals surface area contributed by atoms with E-state index in [1.54, 1.807) is 0 Å². The van der Waals surface area contributed by atoms with E-state index >= 15 is 0 Å². The molecule has 0 aliphatic carbocycles. The monoisotopic (exact) mass is 190 g/mol. The Balaban J connectivity index is 0.00000121. The van der Waals surface area contributed by atoms with Crippen molar-refractivity contribution in [3.8, 4) is 0 Å². The van der Waals surface area contributed by atoms with Gasteiger partial charge in [-0.2, -0.15) is 0 Å². The molecular weight excluding hydrogens is 180 g/mol. The molecule has 0 aromatic carbocycles. The Morgan fingerprint density at radius 2 is 2.42 bits per heavy atom. The van der Waals surface area contributed by atoms with E-state index in [0.717, 1.165) is 0 Å². The van der Waals surface area contributed by atoms with E-state index in [-0.39, 0.29) is 24.8 Å². The number of nitrogens with zero attached hydrogens (tertiary/aromatic N) is 1.